The number of nitrogens with one attached hydrogen (secondary N) is 2. The lowest BCUT2D eigenvalue weighted by Gasteiger charge is -2.03. The van der Waals surface area contributed by atoms with Crippen LogP contribution in [-0.4, -0.2) is 27.1 Å². The number of H-pyrrole nitrogens is 1. The zero-order valence-electron chi connectivity index (χ0n) is 10.3. The smallest absolute Gasteiger partial charge is 0.255 e. The Bertz CT molecular complexity index is 780. The fourth-order valence-electron chi connectivity index (χ4n) is 1.93. The summed E-state index contributed by atoms with van der Waals surface area (Å²) in [6.07, 6.45) is 3.52. The van der Waals surface area contributed by atoms with E-state index in [0.29, 0.717) is 28.6 Å². The Labute approximate surface area is 113 Å². The molecule has 2 N–H and O–H groups in total. The van der Waals surface area contributed by atoms with E-state index in [0.717, 1.165) is 0 Å². The highest BCUT2D eigenvalue weighted by molar-refractivity contribution is 6.09. The Morgan fingerprint density at radius 2 is 2.00 bits per heavy atom. The van der Waals surface area contributed by atoms with Crippen LogP contribution in [0.5, 0.6) is 0 Å². The topological polar surface area (TPSA) is 87.7 Å². The summed E-state index contributed by atoms with van der Waals surface area (Å²) in [6.45, 7) is 0. The van der Waals surface area contributed by atoms with E-state index in [-0.39, 0.29) is 11.6 Å². The van der Waals surface area contributed by atoms with Crippen LogP contribution in [0.15, 0.2) is 42.9 Å². The minimum Gasteiger partial charge on any atom is -0.356 e. The molecule has 1 amide bonds. The van der Waals surface area contributed by atoms with Crippen molar-refractivity contribution in [3.05, 3.63) is 54.1 Å². The number of fused-ring (bicyclic) bond motifs is 1. The van der Waals surface area contributed by atoms with Gasteiger partial charge in [-0.2, -0.15) is 0 Å². The van der Waals surface area contributed by atoms with Crippen molar-refractivity contribution < 1.29 is 9.59 Å². The standard InChI is InChI=1S/C14H10N4O2/c19-7-11-13-12(17-8-16-11)10(6-15-13)18-14(20)9-4-2-1-3-5-9/h1-8,15H,(H,18,20). The fraction of sp³-hybridized carbons (Fsp3) is 0. The molecular formula is C14H10N4O2. The number of rotatable bonds is 3. The molecule has 20 heavy (non-hydrogen) atoms. The molecule has 6 nitrogen and oxygen atoms in total. The highest BCUT2D eigenvalue weighted by Gasteiger charge is 2.12. The third-order valence-electron chi connectivity index (χ3n) is 2.89. The number of carbonyl (C=O) groups is 2. The summed E-state index contributed by atoms with van der Waals surface area (Å²) in [6, 6.07) is 8.85. The van der Waals surface area contributed by atoms with Gasteiger partial charge in [0.2, 0.25) is 0 Å². The van der Waals surface area contributed by atoms with E-state index in [1.807, 2.05) is 6.07 Å². The number of anilines is 1. The molecule has 0 radical (unpaired) electrons. The molecule has 0 saturated heterocycles. The number of hydrogen-bond donors (Lipinski definition) is 2. The van der Waals surface area contributed by atoms with E-state index in [2.05, 4.69) is 20.3 Å². The molecular weight excluding hydrogens is 256 g/mol. The maximum Gasteiger partial charge on any atom is 0.255 e. The Balaban J connectivity index is 1.96. The second-order valence-electron chi connectivity index (χ2n) is 4.12. The molecule has 6 heteroatoms. The van der Waals surface area contributed by atoms with Gasteiger partial charge in [0, 0.05) is 11.8 Å². The number of nitrogens with zero attached hydrogens (tertiary/aromatic N) is 2. The van der Waals surface area contributed by atoms with Crippen LogP contribution in [-0.2, 0) is 0 Å². The van der Waals surface area contributed by atoms with E-state index in [1.165, 1.54) is 6.33 Å². The predicted octanol–water partition coefficient (Wildman–Crippen LogP) is 2.02. The molecule has 0 bridgehead atoms. The van der Waals surface area contributed by atoms with Gasteiger partial charge in [0.15, 0.2) is 6.29 Å². The van der Waals surface area contributed by atoms with Crippen LogP contribution in [0.3, 0.4) is 0 Å². The lowest BCUT2D eigenvalue weighted by molar-refractivity contribution is 0.102. The second kappa shape index (κ2) is 4.93. The van der Waals surface area contributed by atoms with Gasteiger partial charge in [-0.25, -0.2) is 9.97 Å². The van der Waals surface area contributed by atoms with E-state index in [1.54, 1.807) is 30.5 Å². The summed E-state index contributed by atoms with van der Waals surface area (Å²) >= 11 is 0. The molecule has 3 rings (SSSR count). The summed E-state index contributed by atoms with van der Waals surface area (Å²) in [5, 5.41) is 2.76. The van der Waals surface area contributed by atoms with Gasteiger partial charge in [-0.05, 0) is 12.1 Å². The molecule has 98 valence electrons. The lowest BCUT2D eigenvalue weighted by atomic mass is 10.2. The van der Waals surface area contributed by atoms with Gasteiger partial charge in [-0.3, -0.25) is 9.59 Å². The number of aromatic amines is 1. The van der Waals surface area contributed by atoms with E-state index in [4.69, 9.17) is 0 Å². The van der Waals surface area contributed by atoms with E-state index in [9.17, 15) is 9.59 Å². The van der Waals surface area contributed by atoms with Crippen molar-refractivity contribution in [2.45, 2.75) is 0 Å². The number of carbonyl (C=O) groups excluding carboxylic acids is 2. The molecule has 2 heterocycles. The number of aldehydes is 1. The first-order valence-corrected chi connectivity index (χ1v) is 5.93. The molecule has 0 aliphatic rings. The second-order valence-corrected chi connectivity index (χ2v) is 4.12. The first kappa shape index (κ1) is 12.0. The normalized spacial score (nSPS) is 10.4. The van der Waals surface area contributed by atoms with Crippen LogP contribution in [0, 0.1) is 0 Å². The first-order chi connectivity index (χ1) is 9.79. The average molecular weight is 266 g/mol. The van der Waals surface area contributed by atoms with Gasteiger partial charge in [-0.1, -0.05) is 18.2 Å². The van der Waals surface area contributed by atoms with Crippen molar-refractivity contribution in [2.24, 2.45) is 0 Å². The van der Waals surface area contributed by atoms with Crippen LogP contribution < -0.4 is 5.32 Å². The Morgan fingerprint density at radius 1 is 1.20 bits per heavy atom. The van der Waals surface area contributed by atoms with Crippen molar-refractivity contribution in [3.63, 3.8) is 0 Å². The maximum absolute atomic E-state index is 12.1. The fourth-order valence-corrected chi connectivity index (χ4v) is 1.93. The Kier molecular flexibility index (Phi) is 2.96. The van der Waals surface area contributed by atoms with Crippen LogP contribution in [0.1, 0.15) is 20.8 Å². The zero-order valence-corrected chi connectivity index (χ0v) is 10.3. The van der Waals surface area contributed by atoms with Crippen LogP contribution >= 0.6 is 0 Å². The molecule has 0 aliphatic carbocycles. The SMILES string of the molecule is O=Cc1ncnc2c(NC(=O)c3ccccc3)c[nH]c12. The first-order valence-electron chi connectivity index (χ1n) is 5.93. The monoisotopic (exact) mass is 266 g/mol. The van der Waals surface area contributed by atoms with Gasteiger partial charge < -0.3 is 10.3 Å². The molecule has 0 aliphatic heterocycles. The minimum atomic E-state index is -0.238. The van der Waals surface area contributed by atoms with Crippen molar-refractivity contribution in [1.82, 2.24) is 15.0 Å². The highest BCUT2D eigenvalue weighted by atomic mass is 16.1. The largest absolute Gasteiger partial charge is 0.356 e. The number of aromatic nitrogens is 3. The van der Waals surface area contributed by atoms with Crippen molar-refractivity contribution >= 4 is 28.9 Å². The Morgan fingerprint density at radius 3 is 2.75 bits per heavy atom. The molecule has 0 saturated carbocycles. The van der Waals surface area contributed by atoms with Crippen molar-refractivity contribution in [2.75, 3.05) is 5.32 Å². The van der Waals surface area contributed by atoms with Gasteiger partial charge in [-0.15, -0.1) is 0 Å². The molecule has 0 fully saturated rings. The third kappa shape index (κ3) is 2.03. The van der Waals surface area contributed by atoms with Crippen LogP contribution in [0.2, 0.25) is 0 Å². The number of benzene rings is 1. The summed E-state index contributed by atoms with van der Waals surface area (Å²) in [4.78, 5) is 33.8. The average Bonchev–Trinajstić information content (AvgIpc) is 2.91. The molecule has 0 unspecified atom stereocenters. The van der Waals surface area contributed by atoms with Crippen molar-refractivity contribution in [1.29, 1.82) is 0 Å². The van der Waals surface area contributed by atoms with Crippen LogP contribution in [0.25, 0.3) is 11.0 Å². The highest BCUT2D eigenvalue weighted by Crippen LogP contribution is 2.22. The van der Waals surface area contributed by atoms with Gasteiger partial charge in [0.1, 0.15) is 17.5 Å². The lowest BCUT2D eigenvalue weighted by Crippen LogP contribution is -2.11. The van der Waals surface area contributed by atoms with Crippen molar-refractivity contribution in [3.8, 4) is 0 Å². The van der Waals surface area contributed by atoms with E-state index < -0.39 is 0 Å². The van der Waals surface area contributed by atoms with Gasteiger partial charge in [0.25, 0.3) is 5.91 Å². The summed E-state index contributed by atoms with van der Waals surface area (Å²) in [7, 11) is 0. The summed E-state index contributed by atoms with van der Waals surface area (Å²) in [5.41, 5.74) is 2.33. The van der Waals surface area contributed by atoms with E-state index >= 15 is 0 Å². The quantitative estimate of drug-likeness (QED) is 0.710. The molecule has 1 aromatic carbocycles. The maximum atomic E-state index is 12.1. The predicted molar refractivity (Wildman–Crippen MR) is 73.7 cm³/mol. The zero-order chi connectivity index (χ0) is 13.9. The number of amides is 1. The van der Waals surface area contributed by atoms with Gasteiger partial charge >= 0.3 is 0 Å². The third-order valence-corrected chi connectivity index (χ3v) is 2.89. The van der Waals surface area contributed by atoms with Crippen LogP contribution in [0.4, 0.5) is 5.69 Å². The molecule has 2 aromatic heterocycles. The summed E-state index contributed by atoms with van der Waals surface area (Å²) < 4.78 is 0. The molecule has 0 atom stereocenters. The molecule has 3 aromatic rings. The minimum absolute atomic E-state index is 0.238. The summed E-state index contributed by atoms with van der Waals surface area (Å²) in [5.74, 6) is -0.238. The Hall–Kier alpha value is -3.02. The molecule has 0 spiro atoms. The number of hydrogen-bond acceptors (Lipinski definition) is 4. The van der Waals surface area contributed by atoms with Gasteiger partial charge in [0.05, 0.1) is 11.2 Å².